The molecule has 188 valence electrons. The summed E-state index contributed by atoms with van der Waals surface area (Å²) in [5.41, 5.74) is 2.63. The molecule has 2 aliphatic heterocycles. The average Bonchev–Trinajstić information content (AvgIpc) is 3.49. The summed E-state index contributed by atoms with van der Waals surface area (Å²) in [5.74, 6) is -0.394. The standard InChI is InChI=1S/C27H22ClFN4O3S/c1-36-19-12-6-16(7-13-19)22-14-23(20-4-2-3-5-21(20)29)33(32-22)27-31-26(35)24(37-27)15-25(34)30-18-10-8-17(28)9-11-18/h2-13,23-24H,14-15H2,1H3,(H,30,34)/t23-,24-/m1/s1. The highest BCUT2D eigenvalue weighted by molar-refractivity contribution is 8.15. The van der Waals surface area contributed by atoms with Crippen LogP contribution >= 0.6 is 23.4 Å². The van der Waals surface area contributed by atoms with Crippen LogP contribution in [0, 0.1) is 5.82 Å². The van der Waals surface area contributed by atoms with Crippen LogP contribution in [0.1, 0.15) is 30.0 Å². The Morgan fingerprint density at radius 1 is 1.14 bits per heavy atom. The van der Waals surface area contributed by atoms with Crippen LogP contribution < -0.4 is 10.1 Å². The molecule has 2 aliphatic rings. The van der Waals surface area contributed by atoms with Crippen molar-refractivity contribution in [2.24, 2.45) is 10.1 Å². The van der Waals surface area contributed by atoms with Gasteiger partial charge in [0.25, 0.3) is 5.91 Å². The van der Waals surface area contributed by atoms with Crippen LogP contribution in [0.4, 0.5) is 10.1 Å². The number of rotatable bonds is 6. The second kappa shape index (κ2) is 10.7. The Morgan fingerprint density at radius 2 is 1.86 bits per heavy atom. The zero-order chi connectivity index (χ0) is 25.9. The van der Waals surface area contributed by atoms with Gasteiger partial charge in [0.15, 0.2) is 5.17 Å². The fourth-order valence-electron chi connectivity index (χ4n) is 4.15. The van der Waals surface area contributed by atoms with Gasteiger partial charge >= 0.3 is 0 Å². The van der Waals surface area contributed by atoms with Crippen LogP contribution in [0.25, 0.3) is 0 Å². The molecule has 37 heavy (non-hydrogen) atoms. The van der Waals surface area contributed by atoms with E-state index < -0.39 is 17.2 Å². The number of carbonyl (C=O) groups excluding carboxylic acids is 2. The molecule has 2 atom stereocenters. The SMILES string of the molecule is COc1ccc(C2=NN(C3=NC(=O)[C@@H](CC(=O)Nc4ccc(Cl)cc4)S3)[C@@H](c3ccccc3F)C2)cc1. The Morgan fingerprint density at radius 3 is 2.57 bits per heavy atom. The summed E-state index contributed by atoms with van der Waals surface area (Å²) < 4.78 is 20.1. The number of aliphatic imine (C=N–C) groups is 1. The van der Waals surface area contributed by atoms with Crippen molar-refractivity contribution >= 4 is 51.7 Å². The van der Waals surface area contributed by atoms with Gasteiger partial charge in [0, 0.05) is 29.1 Å². The van der Waals surface area contributed by atoms with Gasteiger partial charge in [-0.15, -0.1) is 0 Å². The Labute approximate surface area is 222 Å². The summed E-state index contributed by atoms with van der Waals surface area (Å²) in [6.45, 7) is 0. The number of methoxy groups -OCH3 is 1. The van der Waals surface area contributed by atoms with E-state index >= 15 is 0 Å². The van der Waals surface area contributed by atoms with Crippen LogP contribution in [-0.4, -0.2) is 40.1 Å². The first-order valence-corrected chi connectivity index (χ1v) is 12.8. The lowest BCUT2D eigenvalue weighted by Crippen LogP contribution is -2.25. The number of hydrogen-bond acceptors (Lipinski definition) is 6. The lowest BCUT2D eigenvalue weighted by Gasteiger charge is -2.23. The van der Waals surface area contributed by atoms with E-state index in [0.29, 0.717) is 33.6 Å². The van der Waals surface area contributed by atoms with Gasteiger partial charge in [0.2, 0.25) is 5.91 Å². The first kappa shape index (κ1) is 25.0. The van der Waals surface area contributed by atoms with Crippen molar-refractivity contribution in [1.82, 2.24) is 5.01 Å². The molecule has 0 radical (unpaired) electrons. The van der Waals surface area contributed by atoms with Crippen molar-refractivity contribution in [2.45, 2.75) is 24.1 Å². The number of amides is 2. The highest BCUT2D eigenvalue weighted by atomic mass is 35.5. The molecular formula is C27H22ClFN4O3S. The average molecular weight is 537 g/mol. The minimum atomic E-state index is -0.705. The summed E-state index contributed by atoms with van der Waals surface area (Å²) in [4.78, 5) is 29.5. The number of halogens is 2. The van der Waals surface area contributed by atoms with Gasteiger partial charge in [0.1, 0.15) is 16.8 Å². The Balaban J connectivity index is 1.36. The van der Waals surface area contributed by atoms with Gasteiger partial charge in [-0.1, -0.05) is 41.6 Å². The molecule has 1 N–H and O–H groups in total. The summed E-state index contributed by atoms with van der Waals surface area (Å²) in [5, 5.41) is 9.30. The maximum absolute atomic E-state index is 14.8. The van der Waals surface area contributed by atoms with Crippen LogP contribution in [0.2, 0.25) is 5.02 Å². The number of carbonyl (C=O) groups is 2. The molecule has 0 saturated carbocycles. The second-order valence-electron chi connectivity index (χ2n) is 8.46. The predicted octanol–water partition coefficient (Wildman–Crippen LogP) is 5.67. The first-order valence-electron chi connectivity index (χ1n) is 11.5. The third-order valence-electron chi connectivity index (χ3n) is 6.02. The molecule has 3 aromatic carbocycles. The van der Waals surface area contributed by atoms with E-state index in [0.717, 1.165) is 23.0 Å². The van der Waals surface area contributed by atoms with E-state index in [9.17, 15) is 14.0 Å². The molecule has 0 spiro atoms. The summed E-state index contributed by atoms with van der Waals surface area (Å²) >= 11 is 7.05. The van der Waals surface area contributed by atoms with E-state index in [1.165, 1.54) is 6.07 Å². The number of thioether (sulfide) groups is 1. The zero-order valence-corrected chi connectivity index (χ0v) is 21.3. The van der Waals surface area contributed by atoms with Crippen molar-refractivity contribution in [1.29, 1.82) is 0 Å². The molecule has 0 saturated heterocycles. The molecule has 3 aromatic rings. The molecule has 0 aliphatic carbocycles. The van der Waals surface area contributed by atoms with Gasteiger partial charge in [-0.2, -0.15) is 10.1 Å². The number of nitrogens with one attached hydrogen (secondary N) is 1. The van der Waals surface area contributed by atoms with Gasteiger partial charge in [-0.3, -0.25) is 9.59 Å². The highest BCUT2D eigenvalue weighted by Crippen LogP contribution is 2.39. The lowest BCUT2D eigenvalue weighted by atomic mass is 9.98. The topological polar surface area (TPSA) is 83.4 Å². The summed E-state index contributed by atoms with van der Waals surface area (Å²) in [6, 6.07) is 20.2. The number of benzene rings is 3. The summed E-state index contributed by atoms with van der Waals surface area (Å²) in [7, 11) is 1.59. The molecule has 2 heterocycles. The Bertz CT molecular complexity index is 1400. The van der Waals surface area contributed by atoms with Crippen molar-refractivity contribution in [3.05, 3.63) is 94.8 Å². The lowest BCUT2D eigenvalue weighted by molar-refractivity contribution is -0.121. The first-order chi connectivity index (χ1) is 17.9. The van der Waals surface area contributed by atoms with Crippen LogP contribution in [-0.2, 0) is 9.59 Å². The molecular weight excluding hydrogens is 515 g/mol. The van der Waals surface area contributed by atoms with E-state index in [1.807, 2.05) is 24.3 Å². The number of hydrogen-bond donors (Lipinski definition) is 1. The molecule has 7 nitrogen and oxygen atoms in total. The van der Waals surface area contributed by atoms with Crippen LogP contribution in [0.5, 0.6) is 5.75 Å². The van der Waals surface area contributed by atoms with Crippen molar-refractivity contribution in [2.75, 3.05) is 12.4 Å². The third kappa shape index (κ3) is 5.52. The van der Waals surface area contributed by atoms with Crippen LogP contribution in [0.3, 0.4) is 0 Å². The molecule has 0 unspecified atom stereocenters. The van der Waals surface area contributed by atoms with Crippen molar-refractivity contribution in [3.63, 3.8) is 0 Å². The zero-order valence-electron chi connectivity index (χ0n) is 19.7. The van der Waals surface area contributed by atoms with Gasteiger partial charge in [-0.05, 0) is 60.2 Å². The highest BCUT2D eigenvalue weighted by Gasteiger charge is 2.39. The van der Waals surface area contributed by atoms with Crippen LogP contribution in [0.15, 0.2) is 82.9 Å². The predicted molar refractivity (Wildman–Crippen MR) is 144 cm³/mol. The number of anilines is 1. The Kier molecular flexibility index (Phi) is 7.25. The van der Waals surface area contributed by atoms with Gasteiger partial charge in [0.05, 0.1) is 18.9 Å². The van der Waals surface area contributed by atoms with Gasteiger partial charge in [-0.25, -0.2) is 9.40 Å². The molecule has 0 aromatic heterocycles. The number of ether oxygens (including phenoxy) is 1. The van der Waals surface area contributed by atoms with Crippen molar-refractivity contribution < 1.29 is 18.7 Å². The van der Waals surface area contributed by atoms with Crippen molar-refractivity contribution in [3.8, 4) is 5.75 Å². The summed E-state index contributed by atoms with van der Waals surface area (Å²) in [6.07, 6.45) is 0.356. The Hall–Kier alpha value is -3.69. The smallest absolute Gasteiger partial charge is 0.262 e. The maximum Gasteiger partial charge on any atom is 0.262 e. The molecule has 2 amide bonds. The van der Waals surface area contributed by atoms with Gasteiger partial charge < -0.3 is 10.1 Å². The minimum absolute atomic E-state index is 0.0631. The maximum atomic E-state index is 14.8. The minimum Gasteiger partial charge on any atom is -0.497 e. The molecule has 0 fully saturated rings. The third-order valence-corrected chi connectivity index (χ3v) is 7.42. The monoisotopic (exact) mass is 536 g/mol. The number of hydrazone groups is 1. The number of nitrogens with zero attached hydrogens (tertiary/aromatic N) is 3. The number of amidine groups is 1. The largest absolute Gasteiger partial charge is 0.497 e. The van der Waals surface area contributed by atoms with E-state index in [4.69, 9.17) is 21.4 Å². The fraction of sp³-hybridized carbons (Fsp3) is 0.185. The normalized spacial score (nSPS) is 19.0. The molecule has 5 rings (SSSR count). The van der Waals surface area contributed by atoms with E-state index in [1.54, 1.807) is 54.6 Å². The van der Waals surface area contributed by atoms with E-state index in [2.05, 4.69) is 10.3 Å². The molecule has 0 bridgehead atoms. The quantitative estimate of drug-likeness (QED) is 0.439. The fourth-order valence-corrected chi connectivity index (χ4v) is 5.34. The van der Waals surface area contributed by atoms with E-state index in [-0.39, 0.29) is 18.1 Å². The second-order valence-corrected chi connectivity index (χ2v) is 10.1. The molecule has 10 heteroatoms.